The Kier molecular flexibility index (Phi) is 5.39. The van der Waals surface area contributed by atoms with Gasteiger partial charge in [-0.2, -0.15) is 0 Å². The van der Waals surface area contributed by atoms with Crippen molar-refractivity contribution in [1.82, 2.24) is 0 Å². The van der Waals surface area contributed by atoms with Gasteiger partial charge in [-0.3, -0.25) is 0 Å². The number of hydrogen-bond acceptors (Lipinski definition) is 5. The van der Waals surface area contributed by atoms with E-state index in [-0.39, 0.29) is 13.2 Å². The van der Waals surface area contributed by atoms with Gasteiger partial charge >= 0.3 is 5.97 Å². The second-order valence-electron chi connectivity index (χ2n) is 5.77. The topological polar surface area (TPSA) is 65.0 Å². The number of aliphatic hydroxyl groups is 1. The third-order valence-corrected chi connectivity index (χ3v) is 4.09. The molecule has 5 heteroatoms. The maximum absolute atomic E-state index is 11.4. The zero-order valence-electron chi connectivity index (χ0n) is 14.5. The van der Waals surface area contributed by atoms with Crippen LogP contribution in [0.25, 0.3) is 21.5 Å². The lowest BCUT2D eigenvalue weighted by molar-refractivity contribution is -0.146. The van der Waals surface area contributed by atoms with E-state index in [0.717, 1.165) is 33.4 Å². The first-order chi connectivity index (χ1) is 12.7. The fraction of sp³-hybridized carbons (Fsp3) is 0.190. The molecule has 134 valence electrons. The van der Waals surface area contributed by atoms with E-state index in [1.54, 1.807) is 7.11 Å². The Morgan fingerprint density at radius 2 is 1.92 bits per heavy atom. The lowest BCUT2D eigenvalue weighted by Gasteiger charge is -2.18. The van der Waals surface area contributed by atoms with Crippen LogP contribution >= 0.6 is 0 Å². The molecule has 0 radical (unpaired) electrons. The molecule has 0 bridgehead atoms. The van der Waals surface area contributed by atoms with Gasteiger partial charge in [0.15, 0.2) is 6.10 Å². The van der Waals surface area contributed by atoms with Crippen LogP contribution in [0, 0.1) is 0 Å². The number of carbonyl (C=O) groups excluding carboxylic acids is 1. The smallest absolute Gasteiger partial charge is 0.330 e. The molecule has 5 nitrogen and oxygen atoms in total. The number of aliphatic hydroxyl groups excluding tert-OH is 1. The van der Waals surface area contributed by atoms with E-state index in [9.17, 15) is 9.90 Å². The van der Waals surface area contributed by atoms with Crippen molar-refractivity contribution in [3.05, 3.63) is 61.2 Å². The van der Waals surface area contributed by atoms with Gasteiger partial charge in [0.25, 0.3) is 0 Å². The molecule has 3 aromatic carbocycles. The zero-order valence-corrected chi connectivity index (χ0v) is 14.5. The van der Waals surface area contributed by atoms with Crippen LogP contribution in [0.2, 0.25) is 0 Å². The SMILES string of the molecule is C=CC(=O)OC(CO)COc1c2ccccc2cc2ccc(OC)cc12. The van der Waals surface area contributed by atoms with Crippen LogP contribution in [0.1, 0.15) is 0 Å². The highest BCUT2D eigenvalue weighted by atomic mass is 16.6. The molecule has 0 aliphatic rings. The molecule has 0 saturated carbocycles. The average molecular weight is 352 g/mol. The summed E-state index contributed by atoms with van der Waals surface area (Å²) >= 11 is 0. The molecule has 1 atom stereocenters. The number of rotatable bonds is 7. The van der Waals surface area contributed by atoms with Crippen LogP contribution in [0.5, 0.6) is 11.5 Å². The molecule has 0 aliphatic carbocycles. The minimum absolute atomic E-state index is 0.0242. The third kappa shape index (κ3) is 3.63. The monoisotopic (exact) mass is 352 g/mol. The molecular weight excluding hydrogens is 332 g/mol. The van der Waals surface area contributed by atoms with E-state index in [4.69, 9.17) is 14.2 Å². The van der Waals surface area contributed by atoms with Crippen LogP contribution in [0.4, 0.5) is 0 Å². The minimum Gasteiger partial charge on any atom is -0.497 e. The van der Waals surface area contributed by atoms with Crippen molar-refractivity contribution >= 4 is 27.5 Å². The molecule has 1 unspecified atom stereocenters. The van der Waals surface area contributed by atoms with Crippen molar-refractivity contribution in [2.75, 3.05) is 20.3 Å². The van der Waals surface area contributed by atoms with E-state index >= 15 is 0 Å². The van der Waals surface area contributed by atoms with E-state index in [0.29, 0.717) is 5.75 Å². The van der Waals surface area contributed by atoms with Crippen molar-refractivity contribution in [3.63, 3.8) is 0 Å². The van der Waals surface area contributed by atoms with E-state index in [2.05, 4.69) is 12.6 Å². The van der Waals surface area contributed by atoms with Crippen LogP contribution in [0.3, 0.4) is 0 Å². The van der Waals surface area contributed by atoms with Gasteiger partial charge in [-0.1, -0.05) is 36.9 Å². The Morgan fingerprint density at radius 1 is 1.15 bits per heavy atom. The quantitative estimate of drug-likeness (QED) is 0.401. The lowest BCUT2D eigenvalue weighted by Crippen LogP contribution is -2.27. The highest BCUT2D eigenvalue weighted by Crippen LogP contribution is 2.36. The molecule has 0 heterocycles. The Hall–Kier alpha value is -3.05. The Morgan fingerprint density at radius 3 is 2.65 bits per heavy atom. The van der Waals surface area contributed by atoms with Gasteiger partial charge < -0.3 is 19.3 Å². The van der Waals surface area contributed by atoms with Crippen LogP contribution in [0.15, 0.2) is 61.2 Å². The summed E-state index contributed by atoms with van der Waals surface area (Å²) in [6, 6.07) is 15.7. The fourth-order valence-electron chi connectivity index (χ4n) is 2.80. The maximum Gasteiger partial charge on any atom is 0.330 e. The summed E-state index contributed by atoms with van der Waals surface area (Å²) in [5.74, 6) is 0.775. The number of fused-ring (bicyclic) bond motifs is 2. The van der Waals surface area contributed by atoms with Crippen molar-refractivity contribution in [2.24, 2.45) is 0 Å². The number of benzene rings is 3. The van der Waals surface area contributed by atoms with Crippen molar-refractivity contribution in [1.29, 1.82) is 0 Å². The molecule has 0 aromatic heterocycles. The number of esters is 1. The molecule has 0 fully saturated rings. The highest BCUT2D eigenvalue weighted by molar-refractivity contribution is 6.05. The number of methoxy groups -OCH3 is 1. The summed E-state index contributed by atoms with van der Waals surface area (Å²) in [4.78, 5) is 11.4. The summed E-state index contributed by atoms with van der Waals surface area (Å²) < 4.78 is 16.4. The van der Waals surface area contributed by atoms with Gasteiger partial charge in [-0.15, -0.1) is 0 Å². The second-order valence-corrected chi connectivity index (χ2v) is 5.77. The first kappa shape index (κ1) is 17.8. The number of carbonyl (C=O) groups is 1. The predicted octanol–water partition coefficient (Wildman–Crippen LogP) is 3.47. The summed E-state index contributed by atoms with van der Waals surface area (Å²) in [6.07, 6.45) is 0.279. The fourth-order valence-corrected chi connectivity index (χ4v) is 2.80. The predicted molar refractivity (Wildman–Crippen MR) is 101 cm³/mol. The Bertz CT molecular complexity index is 948. The van der Waals surface area contributed by atoms with Crippen molar-refractivity contribution in [3.8, 4) is 11.5 Å². The normalized spacial score (nSPS) is 11.9. The minimum atomic E-state index is -0.778. The summed E-state index contributed by atoms with van der Waals surface area (Å²) in [5.41, 5.74) is 0. The Balaban J connectivity index is 2.03. The van der Waals surface area contributed by atoms with Crippen molar-refractivity contribution in [2.45, 2.75) is 6.10 Å². The van der Waals surface area contributed by atoms with E-state index in [1.165, 1.54) is 0 Å². The van der Waals surface area contributed by atoms with Gasteiger partial charge in [-0.25, -0.2) is 4.79 Å². The van der Waals surface area contributed by atoms with Crippen LogP contribution in [-0.4, -0.2) is 37.5 Å². The molecule has 0 aliphatic heterocycles. The maximum atomic E-state index is 11.4. The number of ether oxygens (including phenoxy) is 3. The molecule has 0 spiro atoms. The summed E-state index contributed by atoms with van der Waals surface area (Å²) in [5, 5.41) is 13.3. The molecule has 0 saturated heterocycles. The van der Waals surface area contributed by atoms with Crippen LogP contribution in [-0.2, 0) is 9.53 Å². The first-order valence-electron chi connectivity index (χ1n) is 8.22. The van der Waals surface area contributed by atoms with Crippen molar-refractivity contribution < 1.29 is 24.1 Å². The number of hydrogen-bond donors (Lipinski definition) is 1. The highest BCUT2D eigenvalue weighted by Gasteiger charge is 2.16. The van der Waals surface area contributed by atoms with Gasteiger partial charge in [0.05, 0.1) is 13.7 Å². The molecule has 0 amide bonds. The van der Waals surface area contributed by atoms with Gasteiger partial charge in [0, 0.05) is 16.8 Å². The van der Waals surface area contributed by atoms with E-state index < -0.39 is 12.1 Å². The zero-order chi connectivity index (χ0) is 18.5. The average Bonchev–Trinajstić information content (AvgIpc) is 2.69. The summed E-state index contributed by atoms with van der Waals surface area (Å²) in [6.45, 7) is 3.04. The third-order valence-electron chi connectivity index (χ3n) is 4.09. The van der Waals surface area contributed by atoms with Gasteiger partial charge in [0.2, 0.25) is 0 Å². The molecule has 3 aromatic rings. The van der Waals surface area contributed by atoms with Gasteiger partial charge in [0.1, 0.15) is 18.1 Å². The molecule has 26 heavy (non-hydrogen) atoms. The lowest BCUT2D eigenvalue weighted by atomic mass is 10.0. The first-order valence-corrected chi connectivity index (χ1v) is 8.22. The molecular formula is C21H20O5. The van der Waals surface area contributed by atoms with Gasteiger partial charge in [-0.05, 0) is 29.0 Å². The molecule has 1 N–H and O–H groups in total. The standard InChI is InChI=1S/C21H20O5/c1-3-20(23)26-17(12-22)13-25-21-18-7-5-4-6-14(18)10-15-8-9-16(24-2)11-19(15)21/h3-11,17,22H,1,12-13H2,2H3. The van der Waals surface area contributed by atoms with E-state index in [1.807, 2.05) is 42.5 Å². The van der Waals surface area contributed by atoms with Crippen LogP contribution < -0.4 is 9.47 Å². The second kappa shape index (κ2) is 7.89. The summed E-state index contributed by atoms with van der Waals surface area (Å²) in [7, 11) is 1.61. The molecule has 3 rings (SSSR count). The Labute approximate surface area is 151 Å². The largest absolute Gasteiger partial charge is 0.497 e.